The van der Waals surface area contributed by atoms with Crippen LogP contribution in [0.1, 0.15) is 27.2 Å². The monoisotopic (exact) mass is 155 g/mol. The minimum Gasteiger partial charge on any atom is -0.340 e. The number of carbonyl (C=O) groups excluding carboxylic acids is 1. The van der Waals surface area contributed by atoms with Gasteiger partial charge in [-0.3, -0.25) is 4.79 Å². The Morgan fingerprint density at radius 2 is 2.18 bits per heavy atom. The standard InChI is InChI=1S/C9H17NO/c1-5-7-9(11)10(4)8(3)6-2/h5,7-8H,6H2,1-4H3. The van der Waals surface area contributed by atoms with Crippen LogP contribution in [0.15, 0.2) is 12.2 Å². The molecule has 0 saturated carbocycles. The maximum Gasteiger partial charge on any atom is 0.246 e. The first-order valence-corrected chi connectivity index (χ1v) is 4.03. The summed E-state index contributed by atoms with van der Waals surface area (Å²) in [6, 6.07) is 0.332. The molecule has 1 unspecified atom stereocenters. The average Bonchev–Trinajstić information content (AvgIpc) is 2.02. The highest BCUT2D eigenvalue weighted by atomic mass is 16.2. The number of likely N-dealkylation sites (N-methyl/N-ethyl adjacent to an activating group) is 1. The molecule has 1 amide bonds. The molecule has 2 nitrogen and oxygen atoms in total. The molecule has 0 heterocycles. The molecule has 0 fully saturated rings. The maximum atomic E-state index is 11.2. The molecule has 1 atom stereocenters. The molecule has 0 aliphatic carbocycles. The number of hydrogen-bond donors (Lipinski definition) is 0. The Kier molecular flexibility index (Phi) is 4.59. The van der Waals surface area contributed by atoms with E-state index in [0.29, 0.717) is 6.04 Å². The van der Waals surface area contributed by atoms with Gasteiger partial charge in [-0.05, 0) is 26.3 Å². The van der Waals surface area contributed by atoms with Gasteiger partial charge in [0.05, 0.1) is 0 Å². The van der Waals surface area contributed by atoms with Crippen molar-refractivity contribution in [2.24, 2.45) is 0 Å². The van der Waals surface area contributed by atoms with Gasteiger partial charge in [-0.1, -0.05) is 13.0 Å². The van der Waals surface area contributed by atoms with Gasteiger partial charge < -0.3 is 4.90 Å². The highest BCUT2D eigenvalue weighted by molar-refractivity contribution is 5.87. The summed E-state index contributed by atoms with van der Waals surface area (Å²) < 4.78 is 0. The number of nitrogens with zero attached hydrogens (tertiary/aromatic N) is 1. The van der Waals surface area contributed by atoms with Gasteiger partial charge in [0, 0.05) is 13.1 Å². The topological polar surface area (TPSA) is 20.3 Å². The second kappa shape index (κ2) is 4.94. The number of rotatable bonds is 3. The van der Waals surface area contributed by atoms with Crippen LogP contribution in [0.5, 0.6) is 0 Å². The van der Waals surface area contributed by atoms with Crippen molar-refractivity contribution in [2.75, 3.05) is 7.05 Å². The van der Waals surface area contributed by atoms with E-state index in [1.165, 1.54) is 0 Å². The Morgan fingerprint density at radius 3 is 2.55 bits per heavy atom. The molecule has 0 aromatic rings. The number of hydrogen-bond acceptors (Lipinski definition) is 1. The fourth-order valence-corrected chi connectivity index (χ4v) is 0.751. The SMILES string of the molecule is CC=CC(=O)N(C)C(C)CC. The summed E-state index contributed by atoms with van der Waals surface area (Å²) in [5.41, 5.74) is 0. The van der Waals surface area contributed by atoms with E-state index in [0.717, 1.165) is 6.42 Å². The summed E-state index contributed by atoms with van der Waals surface area (Å²) in [4.78, 5) is 12.9. The van der Waals surface area contributed by atoms with Gasteiger partial charge in [-0.2, -0.15) is 0 Å². The first kappa shape index (κ1) is 10.2. The lowest BCUT2D eigenvalue weighted by Gasteiger charge is -2.21. The molecule has 0 aromatic heterocycles. The summed E-state index contributed by atoms with van der Waals surface area (Å²) >= 11 is 0. The number of allylic oxidation sites excluding steroid dienone is 1. The normalized spacial score (nSPS) is 13.5. The van der Waals surface area contributed by atoms with Crippen molar-refractivity contribution < 1.29 is 4.79 Å². The van der Waals surface area contributed by atoms with E-state index in [9.17, 15) is 4.79 Å². The molecule has 0 radical (unpaired) electrons. The van der Waals surface area contributed by atoms with Gasteiger partial charge in [0.25, 0.3) is 0 Å². The Morgan fingerprint density at radius 1 is 1.64 bits per heavy atom. The lowest BCUT2D eigenvalue weighted by molar-refractivity contribution is -0.126. The predicted octanol–water partition coefficient (Wildman–Crippen LogP) is 1.82. The van der Waals surface area contributed by atoms with Gasteiger partial charge in [0.1, 0.15) is 0 Å². The smallest absolute Gasteiger partial charge is 0.246 e. The molecule has 0 saturated heterocycles. The van der Waals surface area contributed by atoms with Crippen LogP contribution in [-0.2, 0) is 4.79 Å². The largest absolute Gasteiger partial charge is 0.340 e. The van der Waals surface area contributed by atoms with Crippen molar-refractivity contribution in [3.8, 4) is 0 Å². The molecular formula is C9H17NO. The maximum absolute atomic E-state index is 11.2. The Bertz CT molecular complexity index is 152. The second-order valence-corrected chi connectivity index (χ2v) is 2.71. The number of amides is 1. The fraction of sp³-hybridized carbons (Fsp3) is 0.667. The second-order valence-electron chi connectivity index (χ2n) is 2.71. The van der Waals surface area contributed by atoms with E-state index in [-0.39, 0.29) is 5.91 Å². The Labute approximate surface area is 68.9 Å². The third-order valence-electron chi connectivity index (χ3n) is 1.91. The van der Waals surface area contributed by atoms with Crippen LogP contribution in [0.2, 0.25) is 0 Å². The zero-order valence-corrected chi connectivity index (χ0v) is 7.79. The number of carbonyl (C=O) groups is 1. The zero-order chi connectivity index (χ0) is 8.85. The lowest BCUT2D eigenvalue weighted by atomic mass is 10.2. The van der Waals surface area contributed by atoms with Gasteiger partial charge in [0.2, 0.25) is 5.91 Å². The molecule has 64 valence electrons. The summed E-state index contributed by atoms with van der Waals surface area (Å²) in [5.74, 6) is 0.0850. The van der Waals surface area contributed by atoms with Crippen LogP contribution in [-0.4, -0.2) is 23.9 Å². The van der Waals surface area contributed by atoms with E-state index in [2.05, 4.69) is 6.92 Å². The average molecular weight is 155 g/mol. The van der Waals surface area contributed by atoms with Crippen molar-refractivity contribution in [3.63, 3.8) is 0 Å². The van der Waals surface area contributed by atoms with Crippen LogP contribution < -0.4 is 0 Å². The summed E-state index contributed by atoms with van der Waals surface area (Å²) in [5, 5.41) is 0. The minimum atomic E-state index is 0.0850. The van der Waals surface area contributed by atoms with E-state index in [1.807, 2.05) is 20.9 Å². The summed E-state index contributed by atoms with van der Waals surface area (Å²) in [6.07, 6.45) is 4.35. The first-order valence-electron chi connectivity index (χ1n) is 4.03. The summed E-state index contributed by atoms with van der Waals surface area (Å²) in [7, 11) is 1.83. The van der Waals surface area contributed by atoms with Gasteiger partial charge in [0.15, 0.2) is 0 Å². The molecule has 0 aliphatic heterocycles. The van der Waals surface area contributed by atoms with E-state index >= 15 is 0 Å². The van der Waals surface area contributed by atoms with Crippen LogP contribution >= 0.6 is 0 Å². The van der Waals surface area contributed by atoms with Crippen molar-refractivity contribution in [1.82, 2.24) is 4.90 Å². The van der Waals surface area contributed by atoms with Crippen molar-refractivity contribution in [1.29, 1.82) is 0 Å². The summed E-state index contributed by atoms with van der Waals surface area (Å²) in [6.45, 7) is 5.97. The lowest BCUT2D eigenvalue weighted by Crippen LogP contribution is -2.33. The van der Waals surface area contributed by atoms with Gasteiger partial charge in [-0.25, -0.2) is 0 Å². The fourth-order valence-electron chi connectivity index (χ4n) is 0.751. The van der Waals surface area contributed by atoms with Crippen molar-refractivity contribution >= 4 is 5.91 Å². The third-order valence-corrected chi connectivity index (χ3v) is 1.91. The molecule has 0 spiro atoms. The molecular weight excluding hydrogens is 138 g/mol. The minimum absolute atomic E-state index is 0.0850. The molecule has 0 rings (SSSR count). The third kappa shape index (κ3) is 3.21. The van der Waals surface area contributed by atoms with Gasteiger partial charge in [-0.15, -0.1) is 0 Å². The molecule has 0 aliphatic rings. The molecule has 11 heavy (non-hydrogen) atoms. The van der Waals surface area contributed by atoms with Crippen molar-refractivity contribution in [3.05, 3.63) is 12.2 Å². The molecule has 0 aromatic carbocycles. The van der Waals surface area contributed by atoms with Crippen molar-refractivity contribution in [2.45, 2.75) is 33.2 Å². The Balaban J connectivity index is 4.01. The first-order chi connectivity index (χ1) is 5.13. The van der Waals surface area contributed by atoms with Crippen LogP contribution in [0.4, 0.5) is 0 Å². The molecule has 0 N–H and O–H groups in total. The van der Waals surface area contributed by atoms with E-state index in [1.54, 1.807) is 17.1 Å². The predicted molar refractivity (Wildman–Crippen MR) is 47.3 cm³/mol. The van der Waals surface area contributed by atoms with Crippen LogP contribution in [0.3, 0.4) is 0 Å². The quantitative estimate of drug-likeness (QED) is 0.569. The van der Waals surface area contributed by atoms with E-state index in [4.69, 9.17) is 0 Å². The Hall–Kier alpha value is -0.790. The molecule has 2 heteroatoms. The zero-order valence-electron chi connectivity index (χ0n) is 7.79. The van der Waals surface area contributed by atoms with Gasteiger partial charge >= 0.3 is 0 Å². The van der Waals surface area contributed by atoms with Crippen LogP contribution in [0.25, 0.3) is 0 Å². The van der Waals surface area contributed by atoms with E-state index < -0.39 is 0 Å². The highest BCUT2D eigenvalue weighted by Crippen LogP contribution is 2.00. The van der Waals surface area contributed by atoms with Crippen LogP contribution in [0, 0.1) is 0 Å². The molecule has 0 bridgehead atoms. The highest BCUT2D eigenvalue weighted by Gasteiger charge is 2.09.